The molecule has 0 aromatic heterocycles. The van der Waals surface area contributed by atoms with Crippen LogP contribution in [-0.2, 0) is 21.2 Å². The maximum Gasteiger partial charge on any atom is 0.308 e. The summed E-state index contributed by atoms with van der Waals surface area (Å²) in [5.74, 6) is -0.738. The summed E-state index contributed by atoms with van der Waals surface area (Å²) in [6.07, 6.45) is 0.296. The van der Waals surface area contributed by atoms with E-state index in [2.05, 4.69) is 0 Å². The van der Waals surface area contributed by atoms with E-state index in [1.54, 1.807) is 36.4 Å². The number of halogens is 1. The smallest absolute Gasteiger partial charge is 0.308 e. The summed E-state index contributed by atoms with van der Waals surface area (Å²) < 4.78 is 33.8. The molecule has 0 aliphatic carbocycles. The highest BCUT2D eigenvalue weighted by Crippen LogP contribution is 2.35. The van der Waals surface area contributed by atoms with Crippen molar-refractivity contribution in [2.24, 2.45) is 5.92 Å². The second-order valence-corrected chi connectivity index (χ2v) is 10.1. The summed E-state index contributed by atoms with van der Waals surface area (Å²) in [4.78, 5) is 11.7. The number of anilines is 1. The quantitative estimate of drug-likeness (QED) is 0.552. The summed E-state index contributed by atoms with van der Waals surface area (Å²) >= 11 is 6.20. The molecule has 166 valence electrons. The Morgan fingerprint density at radius 2 is 1.66 bits per heavy atom. The van der Waals surface area contributed by atoms with Gasteiger partial charge in [0, 0.05) is 11.6 Å². The maximum absolute atomic E-state index is 13.4. The molecule has 0 unspecified atom stereocenters. The molecular formula is C24H22ClNO5S. The standard InChI is InChI=1S/C24H22ClNO5S/c1-15-11-20(12-16(2)23(15)25)31-19-7-9-21(10-8-19)32(29,30)26-14-18(24(27)28)13-17-5-3-4-6-22(17)26/h3-12,18H,13-14H2,1-2H3,(H,27,28)/t18-/m1/s1. The fourth-order valence-corrected chi connectivity index (χ4v) is 5.51. The van der Waals surface area contributed by atoms with E-state index >= 15 is 0 Å². The van der Waals surface area contributed by atoms with Crippen molar-refractivity contribution < 1.29 is 23.1 Å². The zero-order valence-electron chi connectivity index (χ0n) is 17.6. The van der Waals surface area contributed by atoms with Gasteiger partial charge in [0.15, 0.2) is 0 Å². The van der Waals surface area contributed by atoms with E-state index < -0.39 is 21.9 Å². The van der Waals surface area contributed by atoms with Crippen LogP contribution in [0.15, 0.2) is 65.6 Å². The van der Waals surface area contributed by atoms with Crippen molar-refractivity contribution in [1.29, 1.82) is 0 Å². The molecule has 3 aromatic carbocycles. The first-order valence-corrected chi connectivity index (χ1v) is 11.9. The van der Waals surface area contributed by atoms with E-state index in [9.17, 15) is 18.3 Å². The Kier molecular flexibility index (Phi) is 5.88. The molecule has 1 aliphatic heterocycles. The summed E-state index contributed by atoms with van der Waals surface area (Å²) in [5, 5.41) is 10.2. The third-order valence-corrected chi connectivity index (χ3v) is 7.91. The lowest BCUT2D eigenvalue weighted by atomic mass is 9.94. The van der Waals surface area contributed by atoms with Gasteiger partial charge in [-0.15, -0.1) is 0 Å². The number of carbonyl (C=O) groups is 1. The molecule has 0 bridgehead atoms. The minimum absolute atomic E-state index is 0.0640. The molecule has 1 aliphatic rings. The van der Waals surface area contributed by atoms with Crippen LogP contribution in [0.25, 0.3) is 0 Å². The van der Waals surface area contributed by atoms with Crippen molar-refractivity contribution in [3.05, 3.63) is 82.4 Å². The van der Waals surface area contributed by atoms with Crippen molar-refractivity contribution in [3.8, 4) is 11.5 Å². The van der Waals surface area contributed by atoms with Gasteiger partial charge >= 0.3 is 5.97 Å². The molecular weight excluding hydrogens is 450 g/mol. The van der Waals surface area contributed by atoms with Crippen LogP contribution < -0.4 is 9.04 Å². The molecule has 32 heavy (non-hydrogen) atoms. The number of benzene rings is 3. The van der Waals surface area contributed by atoms with E-state index in [-0.39, 0.29) is 11.4 Å². The second kappa shape index (κ2) is 8.48. The second-order valence-electron chi connectivity index (χ2n) is 7.85. The molecule has 0 amide bonds. The largest absolute Gasteiger partial charge is 0.481 e. The van der Waals surface area contributed by atoms with Gasteiger partial charge in [-0.05, 0) is 79.4 Å². The summed E-state index contributed by atoms with van der Waals surface area (Å²) in [6.45, 7) is 3.66. The number of hydrogen-bond donors (Lipinski definition) is 1. The molecule has 4 rings (SSSR count). The molecule has 1 N–H and O–H groups in total. The Morgan fingerprint density at radius 1 is 1.03 bits per heavy atom. The predicted octanol–water partition coefficient (Wildman–Crippen LogP) is 5.20. The molecule has 0 radical (unpaired) electrons. The molecule has 6 nitrogen and oxygen atoms in total. The van der Waals surface area contributed by atoms with Crippen LogP contribution in [0, 0.1) is 19.8 Å². The fourth-order valence-electron chi connectivity index (χ4n) is 3.86. The van der Waals surface area contributed by atoms with Crippen LogP contribution in [0.1, 0.15) is 16.7 Å². The lowest BCUT2D eigenvalue weighted by Gasteiger charge is -2.33. The SMILES string of the molecule is Cc1cc(Oc2ccc(S(=O)(=O)N3C[C@H](C(=O)O)Cc4ccccc43)cc2)cc(C)c1Cl. The topological polar surface area (TPSA) is 83.9 Å². The number of hydrogen-bond acceptors (Lipinski definition) is 4. The number of carboxylic acids is 1. The third-order valence-electron chi connectivity index (χ3n) is 5.52. The average molecular weight is 472 g/mol. The fraction of sp³-hybridized carbons (Fsp3) is 0.208. The normalized spacial score (nSPS) is 15.8. The Morgan fingerprint density at radius 3 is 2.28 bits per heavy atom. The highest BCUT2D eigenvalue weighted by atomic mass is 35.5. The van der Waals surface area contributed by atoms with E-state index in [1.165, 1.54) is 16.4 Å². The number of aliphatic carboxylic acids is 1. The summed E-state index contributed by atoms with van der Waals surface area (Å²) in [7, 11) is -3.95. The van der Waals surface area contributed by atoms with Crippen molar-refractivity contribution in [2.75, 3.05) is 10.8 Å². The Balaban J connectivity index is 1.63. The zero-order chi connectivity index (χ0) is 23.0. The highest BCUT2D eigenvalue weighted by molar-refractivity contribution is 7.92. The number of carboxylic acid groups (broad SMARTS) is 1. The molecule has 1 atom stereocenters. The van der Waals surface area contributed by atoms with Gasteiger partial charge in [0.05, 0.1) is 16.5 Å². The van der Waals surface area contributed by atoms with E-state index in [0.29, 0.717) is 34.2 Å². The zero-order valence-corrected chi connectivity index (χ0v) is 19.2. The van der Waals surface area contributed by atoms with Gasteiger partial charge < -0.3 is 9.84 Å². The van der Waals surface area contributed by atoms with Crippen molar-refractivity contribution in [1.82, 2.24) is 0 Å². The Bertz CT molecular complexity index is 1260. The van der Waals surface area contributed by atoms with Gasteiger partial charge in [-0.3, -0.25) is 9.10 Å². The number of aryl methyl sites for hydroxylation is 2. The van der Waals surface area contributed by atoms with Crippen LogP contribution in [0.2, 0.25) is 5.02 Å². The molecule has 3 aromatic rings. The molecule has 0 fully saturated rings. The molecule has 1 heterocycles. The summed E-state index contributed by atoms with van der Waals surface area (Å²) in [6, 6.07) is 16.7. The molecule has 0 saturated heterocycles. The first kappa shape index (κ1) is 22.2. The van der Waals surface area contributed by atoms with Gasteiger partial charge in [-0.2, -0.15) is 0 Å². The number of fused-ring (bicyclic) bond motifs is 1. The lowest BCUT2D eigenvalue weighted by Crippen LogP contribution is -2.42. The van der Waals surface area contributed by atoms with Gasteiger partial charge in [-0.25, -0.2) is 8.42 Å². The van der Waals surface area contributed by atoms with Gasteiger partial charge in [0.25, 0.3) is 10.0 Å². The minimum atomic E-state index is -3.95. The van der Waals surface area contributed by atoms with E-state index in [1.807, 2.05) is 26.0 Å². The Hall–Kier alpha value is -3.03. The van der Waals surface area contributed by atoms with Crippen LogP contribution in [0.3, 0.4) is 0 Å². The number of sulfonamides is 1. The predicted molar refractivity (Wildman–Crippen MR) is 123 cm³/mol. The molecule has 8 heteroatoms. The van der Waals surface area contributed by atoms with Crippen LogP contribution in [0.4, 0.5) is 5.69 Å². The van der Waals surface area contributed by atoms with Crippen molar-refractivity contribution in [3.63, 3.8) is 0 Å². The maximum atomic E-state index is 13.4. The third kappa shape index (κ3) is 4.18. The van der Waals surface area contributed by atoms with Gasteiger partial charge in [0.1, 0.15) is 11.5 Å². The van der Waals surface area contributed by atoms with Gasteiger partial charge in [-0.1, -0.05) is 29.8 Å². The number of rotatable bonds is 5. The first-order chi connectivity index (χ1) is 15.2. The van der Waals surface area contributed by atoms with Crippen LogP contribution in [0.5, 0.6) is 11.5 Å². The monoisotopic (exact) mass is 471 g/mol. The van der Waals surface area contributed by atoms with Crippen molar-refractivity contribution >= 4 is 33.3 Å². The number of nitrogens with zero attached hydrogens (tertiary/aromatic N) is 1. The van der Waals surface area contributed by atoms with E-state index in [4.69, 9.17) is 16.3 Å². The van der Waals surface area contributed by atoms with E-state index in [0.717, 1.165) is 11.1 Å². The first-order valence-electron chi connectivity index (χ1n) is 10.0. The Labute approximate surface area is 192 Å². The highest BCUT2D eigenvalue weighted by Gasteiger charge is 2.36. The molecule has 0 saturated carbocycles. The van der Waals surface area contributed by atoms with Crippen LogP contribution in [-0.4, -0.2) is 26.0 Å². The lowest BCUT2D eigenvalue weighted by molar-refractivity contribution is -0.141. The summed E-state index contributed by atoms with van der Waals surface area (Å²) in [5.41, 5.74) is 2.98. The molecule has 0 spiro atoms. The number of para-hydroxylation sites is 1. The van der Waals surface area contributed by atoms with Gasteiger partial charge in [0.2, 0.25) is 0 Å². The average Bonchev–Trinajstić information content (AvgIpc) is 2.77. The minimum Gasteiger partial charge on any atom is -0.481 e. The number of ether oxygens (including phenoxy) is 1. The van der Waals surface area contributed by atoms with Crippen LogP contribution >= 0.6 is 11.6 Å². The van der Waals surface area contributed by atoms with Crippen molar-refractivity contribution in [2.45, 2.75) is 25.2 Å².